The molecule has 0 aromatic heterocycles. The van der Waals surface area contributed by atoms with Crippen molar-refractivity contribution in [3.8, 4) is 0 Å². The van der Waals surface area contributed by atoms with Crippen LogP contribution in [0, 0.1) is 0 Å². The van der Waals surface area contributed by atoms with Gasteiger partial charge in [0.2, 0.25) is 5.91 Å². The Hall–Kier alpha value is -0.910. The van der Waals surface area contributed by atoms with Crippen molar-refractivity contribution >= 4 is 5.91 Å². The molecular weight excluding hydrogens is 811 g/mol. The van der Waals surface area contributed by atoms with Gasteiger partial charge in [0.15, 0.2) is 0 Å². The summed E-state index contributed by atoms with van der Waals surface area (Å²) >= 11 is 0. The largest absolute Gasteiger partial charge is 0.394 e. The van der Waals surface area contributed by atoms with Crippen molar-refractivity contribution < 1.29 is 20.1 Å². The molecule has 0 rings (SSSR count). The smallest absolute Gasteiger partial charge is 0.222 e. The Morgan fingerprint density at radius 2 is 0.606 bits per heavy atom. The summed E-state index contributed by atoms with van der Waals surface area (Å²) in [6, 6.07) is -0.658. The number of allylic oxidation sites excluding steroid dienone is 2. The molecule has 0 aliphatic heterocycles. The predicted molar refractivity (Wildman–Crippen MR) is 292 cm³/mol. The minimum atomic E-state index is -0.749. The topological polar surface area (TPSA) is 89.8 Å². The third-order valence-corrected chi connectivity index (χ3v) is 14.6. The summed E-state index contributed by atoms with van der Waals surface area (Å²) in [4.78, 5) is 12.6. The van der Waals surface area contributed by atoms with Crippen molar-refractivity contribution in [1.82, 2.24) is 5.32 Å². The number of carbonyl (C=O) groups excluding carboxylic acids is 1. The minimum absolute atomic E-state index is 0.0396. The molecule has 0 aromatic carbocycles. The van der Waals surface area contributed by atoms with E-state index in [4.69, 9.17) is 0 Å². The molecule has 0 heterocycles. The molecule has 0 saturated carbocycles. The van der Waals surface area contributed by atoms with E-state index in [2.05, 4.69) is 31.3 Å². The first-order valence-electron chi connectivity index (χ1n) is 30.5. The van der Waals surface area contributed by atoms with E-state index in [1.807, 2.05) is 0 Å². The van der Waals surface area contributed by atoms with Crippen LogP contribution in [0.2, 0.25) is 0 Å². The number of hydrogen-bond donors (Lipinski definition) is 4. The summed E-state index contributed by atoms with van der Waals surface area (Å²) in [5.74, 6) is -0.277. The van der Waals surface area contributed by atoms with Crippen molar-refractivity contribution in [2.75, 3.05) is 6.61 Å². The van der Waals surface area contributed by atoms with Gasteiger partial charge >= 0.3 is 0 Å². The molecule has 3 unspecified atom stereocenters. The molecule has 5 heteroatoms. The fourth-order valence-corrected chi connectivity index (χ4v) is 9.93. The summed E-state index contributed by atoms with van der Waals surface area (Å²) in [6.45, 7) is 4.31. The second-order valence-electron chi connectivity index (χ2n) is 21.3. The molecule has 3 atom stereocenters. The summed E-state index contributed by atoms with van der Waals surface area (Å²) in [5.41, 5.74) is 0. The fraction of sp³-hybridized carbons (Fsp3) is 0.951. The molecule has 0 aliphatic carbocycles. The molecule has 394 valence electrons. The normalized spacial score (nSPS) is 13.2. The van der Waals surface area contributed by atoms with Crippen molar-refractivity contribution in [2.24, 2.45) is 0 Å². The monoisotopic (exact) mass is 932 g/mol. The first-order chi connectivity index (χ1) is 32.5. The fourth-order valence-electron chi connectivity index (χ4n) is 9.93. The lowest BCUT2D eigenvalue weighted by molar-refractivity contribution is -0.125. The van der Waals surface area contributed by atoms with E-state index in [0.717, 1.165) is 25.7 Å². The highest BCUT2D eigenvalue weighted by atomic mass is 16.3. The predicted octanol–water partition coefficient (Wildman–Crippen LogP) is 19.1. The van der Waals surface area contributed by atoms with Gasteiger partial charge in [-0.3, -0.25) is 4.79 Å². The number of carbonyl (C=O) groups is 1. The van der Waals surface area contributed by atoms with Crippen LogP contribution in [-0.2, 0) is 4.79 Å². The van der Waals surface area contributed by atoms with Crippen LogP contribution in [0.4, 0.5) is 0 Å². The van der Waals surface area contributed by atoms with Gasteiger partial charge in [-0.05, 0) is 38.5 Å². The maximum atomic E-state index is 12.6. The van der Waals surface area contributed by atoms with Crippen LogP contribution < -0.4 is 5.32 Å². The molecule has 0 saturated heterocycles. The van der Waals surface area contributed by atoms with E-state index in [-0.39, 0.29) is 18.9 Å². The Bertz CT molecular complexity index is 940. The summed E-state index contributed by atoms with van der Waals surface area (Å²) in [5, 5.41) is 33.7. The Morgan fingerprint density at radius 3 is 0.879 bits per heavy atom. The molecule has 5 nitrogen and oxygen atoms in total. The zero-order valence-corrected chi connectivity index (χ0v) is 45.1. The molecule has 1 amide bonds. The van der Waals surface area contributed by atoms with Gasteiger partial charge in [-0.15, -0.1) is 0 Å². The Morgan fingerprint density at radius 1 is 0.364 bits per heavy atom. The van der Waals surface area contributed by atoms with Crippen LogP contribution in [-0.4, -0.2) is 46.1 Å². The van der Waals surface area contributed by atoms with E-state index < -0.39 is 18.2 Å². The standard InChI is InChI=1S/C61H121NO4/c1-3-5-7-9-11-13-15-17-19-21-23-25-27-29-31-32-34-36-38-40-42-44-46-48-50-52-54-58(64)56-61(66)62-59(57-63)60(65)55-53-51-49-47-45-43-41-39-37-35-33-30-28-26-24-22-20-18-16-14-12-10-8-6-4-2/h29,31,58-60,63-65H,3-28,30,32-57H2,1-2H3,(H,62,66)/b31-29-. The van der Waals surface area contributed by atoms with Crippen molar-refractivity contribution in [3.63, 3.8) is 0 Å². The molecule has 0 spiro atoms. The van der Waals surface area contributed by atoms with Crippen LogP contribution in [0.15, 0.2) is 12.2 Å². The maximum Gasteiger partial charge on any atom is 0.222 e. The van der Waals surface area contributed by atoms with Gasteiger partial charge in [0.25, 0.3) is 0 Å². The minimum Gasteiger partial charge on any atom is -0.394 e. The number of aliphatic hydroxyl groups is 3. The third-order valence-electron chi connectivity index (χ3n) is 14.6. The third kappa shape index (κ3) is 52.5. The van der Waals surface area contributed by atoms with Gasteiger partial charge < -0.3 is 20.6 Å². The lowest BCUT2D eigenvalue weighted by atomic mass is 10.0. The van der Waals surface area contributed by atoms with Gasteiger partial charge in [-0.2, -0.15) is 0 Å². The van der Waals surface area contributed by atoms with Crippen LogP contribution in [0.25, 0.3) is 0 Å². The lowest BCUT2D eigenvalue weighted by Crippen LogP contribution is -2.46. The SMILES string of the molecule is CCCCCCCCCCCCCC/C=C\CCCCCCCCCCCCC(O)CC(=O)NC(CO)C(O)CCCCCCCCCCCCCCCCCCCCCCCCCCC. The second-order valence-corrected chi connectivity index (χ2v) is 21.3. The van der Waals surface area contributed by atoms with Crippen molar-refractivity contribution in [2.45, 2.75) is 366 Å². The van der Waals surface area contributed by atoms with Gasteiger partial charge in [-0.1, -0.05) is 315 Å². The lowest BCUT2D eigenvalue weighted by Gasteiger charge is -2.23. The van der Waals surface area contributed by atoms with E-state index in [1.165, 1.54) is 289 Å². The van der Waals surface area contributed by atoms with Crippen LogP contribution in [0.1, 0.15) is 348 Å². The number of hydrogen-bond acceptors (Lipinski definition) is 4. The highest BCUT2D eigenvalue weighted by molar-refractivity contribution is 5.76. The highest BCUT2D eigenvalue weighted by Gasteiger charge is 2.21. The van der Waals surface area contributed by atoms with Crippen LogP contribution >= 0.6 is 0 Å². The summed E-state index contributed by atoms with van der Waals surface area (Å²) < 4.78 is 0. The highest BCUT2D eigenvalue weighted by Crippen LogP contribution is 2.19. The van der Waals surface area contributed by atoms with E-state index in [0.29, 0.717) is 12.8 Å². The Labute approximate surface area is 414 Å². The average Bonchev–Trinajstić information content (AvgIpc) is 3.31. The molecule has 0 radical (unpaired) electrons. The number of rotatable bonds is 57. The molecule has 0 aromatic rings. The van der Waals surface area contributed by atoms with Crippen LogP contribution in [0.5, 0.6) is 0 Å². The second kappa shape index (κ2) is 56.7. The molecule has 0 fully saturated rings. The van der Waals surface area contributed by atoms with Gasteiger partial charge in [0.05, 0.1) is 31.3 Å². The average molecular weight is 933 g/mol. The number of aliphatic hydroxyl groups excluding tert-OH is 3. The molecule has 0 bridgehead atoms. The van der Waals surface area contributed by atoms with Gasteiger partial charge in [0, 0.05) is 0 Å². The molecular formula is C61H121NO4. The molecule has 4 N–H and O–H groups in total. The van der Waals surface area contributed by atoms with Crippen LogP contribution in [0.3, 0.4) is 0 Å². The Kier molecular flexibility index (Phi) is 55.9. The zero-order chi connectivity index (χ0) is 47.9. The summed E-state index contributed by atoms with van der Waals surface area (Å²) in [7, 11) is 0. The summed E-state index contributed by atoms with van der Waals surface area (Å²) in [6.07, 6.45) is 71.0. The maximum absolute atomic E-state index is 12.6. The quantitative estimate of drug-likeness (QED) is 0.0361. The number of nitrogens with one attached hydrogen (secondary N) is 1. The zero-order valence-electron chi connectivity index (χ0n) is 45.1. The first-order valence-corrected chi connectivity index (χ1v) is 30.5. The van der Waals surface area contributed by atoms with E-state index >= 15 is 0 Å². The first kappa shape index (κ1) is 65.1. The van der Waals surface area contributed by atoms with Crippen molar-refractivity contribution in [3.05, 3.63) is 12.2 Å². The van der Waals surface area contributed by atoms with E-state index in [9.17, 15) is 20.1 Å². The molecule has 66 heavy (non-hydrogen) atoms. The number of amides is 1. The van der Waals surface area contributed by atoms with Crippen molar-refractivity contribution in [1.29, 1.82) is 0 Å². The molecule has 0 aliphatic rings. The van der Waals surface area contributed by atoms with Gasteiger partial charge in [-0.25, -0.2) is 0 Å². The van der Waals surface area contributed by atoms with E-state index in [1.54, 1.807) is 0 Å². The number of unbranched alkanes of at least 4 members (excludes halogenated alkanes) is 46. The Balaban J connectivity index is 3.49. The van der Waals surface area contributed by atoms with Gasteiger partial charge in [0.1, 0.15) is 0 Å².